The molecule has 4 rings (SSSR count). The number of hydrogen-bond donors (Lipinski definition) is 1. The second-order valence-electron chi connectivity index (χ2n) is 7.98. The number of carbonyl (C=O) groups is 2. The van der Waals surface area contributed by atoms with Crippen molar-refractivity contribution in [2.24, 2.45) is 0 Å². The van der Waals surface area contributed by atoms with Gasteiger partial charge in [0.25, 0.3) is 11.7 Å². The highest BCUT2D eigenvalue weighted by molar-refractivity contribution is 6.51. The number of ether oxygens (including phenoxy) is 2. The Morgan fingerprint density at radius 2 is 1.74 bits per heavy atom. The minimum absolute atomic E-state index is 0.0326. The number of Topliss-reactive ketones (excluding diaryl/α,β-unsaturated/α-hetero) is 1. The molecule has 1 N–H and O–H groups in total. The Bertz CT molecular complexity index is 1320. The molecule has 0 spiro atoms. The van der Waals surface area contributed by atoms with Gasteiger partial charge in [0.1, 0.15) is 17.3 Å². The lowest BCUT2D eigenvalue weighted by Crippen LogP contribution is -2.29. The molecule has 1 heterocycles. The molecule has 0 aliphatic carbocycles. The van der Waals surface area contributed by atoms with Crippen LogP contribution in [0, 0.1) is 11.3 Å². The number of hydrogen-bond acceptors (Lipinski definition) is 6. The molecule has 3 aromatic carbocycles. The van der Waals surface area contributed by atoms with Gasteiger partial charge in [-0.3, -0.25) is 14.5 Å². The van der Waals surface area contributed by atoms with Crippen LogP contribution in [0.5, 0.6) is 11.5 Å². The quantitative estimate of drug-likeness (QED) is 0.298. The lowest BCUT2D eigenvalue weighted by Gasteiger charge is -2.25. The van der Waals surface area contributed by atoms with Gasteiger partial charge in [-0.2, -0.15) is 5.26 Å². The molecule has 0 saturated carbocycles. The van der Waals surface area contributed by atoms with Crippen LogP contribution in [0.2, 0.25) is 0 Å². The first-order valence-electron chi connectivity index (χ1n) is 11.2. The number of carbonyl (C=O) groups excluding carboxylic acids is 2. The van der Waals surface area contributed by atoms with E-state index in [1.54, 1.807) is 72.8 Å². The monoisotopic (exact) mass is 468 g/mol. The van der Waals surface area contributed by atoms with Crippen molar-refractivity contribution in [1.29, 1.82) is 5.26 Å². The van der Waals surface area contributed by atoms with Crippen molar-refractivity contribution in [1.82, 2.24) is 0 Å². The van der Waals surface area contributed by atoms with Crippen molar-refractivity contribution in [3.63, 3.8) is 0 Å². The third-order valence-corrected chi connectivity index (χ3v) is 5.73. The molecule has 7 heteroatoms. The van der Waals surface area contributed by atoms with Crippen LogP contribution in [0.3, 0.4) is 0 Å². The van der Waals surface area contributed by atoms with Crippen molar-refractivity contribution in [3.8, 4) is 17.6 Å². The molecule has 3 aromatic rings. The van der Waals surface area contributed by atoms with Crippen LogP contribution in [0.1, 0.15) is 36.1 Å². The fourth-order valence-electron chi connectivity index (χ4n) is 4.01. The Kier molecular flexibility index (Phi) is 6.83. The highest BCUT2D eigenvalue weighted by Gasteiger charge is 2.47. The van der Waals surface area contributed by atoms with Gasteiger partial charge in [0.2, 0.25) is 0 Å². The standard InChI is InChI=1S/C28H24N2O5/c1-3-15-35-22-13-9-19(10-14-22)26(31)24-25(20-5-4-6-23(16-20)34-2)30(28(33)27(24)32)21-11-7-18(17-29)8-12-21/h4-14,16,25,31H,3,15H2,1-2H3/b26-24-. The summed E-state index contributed by atoms with van der Waals surface area (Å²) >= 11 is 0. The fourth-order valence-corrected chi connectivity index (χ4v) is 4.01. The number of aliphatic hydroxyl groups is 1. The van der Waals surface area contributed by atoms with E-state index in [0.29, 0.717) is 40.5 Å². The zero-order valence-electron chi connectivity index (χ0n) is 19.4. The molecule has 1 fully saturated rings. The second kappa shape index (κ2) is 10.1. The highest BCUT2D eigenvalue weighted by atomic mass is 16.5. The molecule has 1 aliphatic rings. The van der Waals surface area contributed by atoms with Gasteiger partial charge in [-0.05, 0) is 72.6 Å². The third-order valence-electron chi connectivity index (χ3n) is 5.73. The number of anilines is 1. The zero-order valence-corrected chi connectivity index (χ0v) is 19.4. The summed E-state index contributed by atoms with van der Waals surface area (Å²) in [7, 11) is 1.53. The highest BCUT2D eigenvalue weighted by Crippen LogP contribution is 2.43. The van der Waals surface area contributed by atoms with Gasteiger partial charge in [0, 0.05) is 11.3 Å². The van der Waals surface area contributed by atoms with Crippen LogP contribution < -0.4 is 14.4 Å². The van der Waals surface area contributed by atoms with Crippen molar-refractivity contribution in [3.05, 3.63) is 95.1 Å². The van der Waals surface area contributed by atoms with E-state index in [9.17, 15) is 14.7 Å². The van der Waals surface area contributed by atoms with E-state index in [-0.39, 0.29) is 11.3 Å². The van der Waals surface area contributed by atoms with E-state index < -0.39 is 17.7 Å². The average Bonchev–Trinajstić information content (AvgIpc) is 3.17. The van der Waals surface area contributed by atoms with Crippen molar-refractivity contribution >= 4 is 23.1 Å². The molecule has 1 atom stereocenters. The summed E-state index contributed by atoms with van der Waals surface area (Å²) in [5.41, 5.74) is 1.81. The van der Waals surface area contributed by atoms with E-state index in [2.05, 4.69) is 0 Å². The van der Waals surface area contributed by atoms with Gasteiger partial charge in [-0.1, -0.05) is 19.1 Å². The number of benzene rings is 3. The molecule has 35 heavy (non-hydrogen) atoms. The molecule has 0 aromatic heterocycles. The Balaban J connectivity index is 1.86. The molecule has 1 saturated heterocycles. The van der Waals surface area contributed by atoms with E-state index >= 15 is 0 Å². The molecule has 7 nitrogen and oxygen atoms in total. The first-order valence-corrected chi connectivity index (χ1v) is 11.2. The van der Waals surface area contributed by atoms with Gasteiger partial charge in [0.15, 0.2) is 0 Å². The fraction of sp³-hybridized carbons (Fsp3) is 0.179. The number of amides is 1. The van der Waals surface area contributed by atoms with Crippen LogP contribution in [0.25, 0.3) is 5.76 Å². The SMILES string of the molecule is CCCOc1ccc(/C(O)=C2/C(=O)C(=O)N(c3ccc(C#N)cc3)C2c2cccc(OC)c2)cc1. The van der Waals surface area contributed by atoms with E-state index in [1.807, 2.05) is 13.0 Å². The Hall–Kier alpha value is -4.57. The Labute approximate surface area is 203 Å². The number of methoxy groups -OCH3 is 1. The topological polar surface area (TPSA) is 99.9 Å². The normalized spacial score (nSPS) is 16.7. The van der Waals surface area contributed by atoms with Crippen molar-refractivity contribution in [2.45, 2.75) is 19.4 Å². The van der Waals surface area contributed by atoms with Gasteiger partial charge >= 0.3 is 0 Å². The number of nitrogens with zero attached hydrogens (tertiary/aromatic N) is 2. The van der Waals surface area contributed by atoms with Gasteiger partial charge < -0.3 is 14.6 Å². The van der Waals surface area contributed by atoms with Crippen molar-refractivity contribution < 1.29 is 24.2 Å². The maximum absolute atomic E-state index is 13.3. The average molecular weight is 469 g/mol. The van der Waals surface area contributed by atoms with Gasteiger partial charge in [-0.25, -0.2) is 0 Å². The number of aliphatic hydroxyl groups excluding tert-OH is 1. The summed E-state index contributed by atoms with van der Waals surface area (Å²) in [6, 6.07) is 21.2. The number of ketones is 1. The van der Waals surface area contributed by atoms with Gasteiger partial charge in [0.05, 0.1) is 37.0 Å². The summed E-state index contributed by atoms with van der Waals surface area (Å²) in [4.78, 5) is 27.8. The largest absolute Gasteiger partial charge is 0.507 e. The lowest BCUT2D eigenvalue weighted by atomic mass is 9.95. The molecule has 176 valence electrons. The predicted octanol–water partition coefficient (Wildman–Crippen LogP) is 4.98. The maximum Gasteiger partial charge on any atom is 0.300 e. The third kappa shape index (κ3) is 4.59. The Morgan fingerprint density at radius 1 is 1.03 bits per heavy atom. The first kappa shape index (κ1) is 23.6. The summed E-state index contributed by atoms with van der Waals surface area (Å²) in [5, 5.41) is 20.4. The molecule has 1 aliphatic heterocycles. The molecule has 0 radical (unpaired) electrons. The smallest absolute Gasteiger partial charge is 0.300 e. The maximum atomic E-state index is 13.3. The van der Waals surface area contributed by atoms with Crippen LogP contribution >= 0.6 is 0 Å². The summed E-state index contributed by atoms with van der Waals surface area (Å²) < 4.78 is 10.9. The number of nitriles is 1. The molecule has 0 bridgehead atoms. The van der Waals surface area contributed by atoms with Crippen molar-refractivity contribution in [2.75, 3.05) is 18.6 Å². The molecular weight excluding hydrogens is 444 g/mol. The van der Waals surface area contributed by atoms with Gasteiger partial charge in [-0.15, -0.1) is 0 Å². The number of rotatable bonds is 7. The Morgan fingerprint density at radius 3 is 2.37 bits per heavy atom. The second-order valence-corrected chi connectivity index (χ2v) is 7.98. The van der Waals surface area contributed by atoms with E-state index in [1.165, 1.54) is 12.0 Å². The molecule has 1 amide bonds. The predicted molar refractivity (Wildman–Crippen MR) is 131 cm³/mol. The summed E-state index contributed by atoms with van der Waals surface area (Å²) in [6.07, 6.45) is 0.862. The zero-order chi connectivity index (χ0) is 24.9. The summed E-state index contributed by atoms with van der Waals surface area (Å²) in [5.74, 6) is -0.663. The minimum Gasteiger partial charge on any atom is -0.507 e. The lowest BCUT2D eigenvalue weighted by molar-refractivity contribution is -0.132. The minimum atomic E-state index is -0.894. The van der Waals surface area contributed by atoms with Crippen LogP contribution in [-0.2, 0) is 9.59 Å². The molecule has 1 unspecified atom stereocenters. The molecular formula is C28H24N2O5. The van der Waals surface area contributed by atoms with Crippen LogP contribution in [0.4, 0.5) is 5.69 Å². The van der Waals surface area contributed by atoms with Crippen LogP contribution in [-0.4, -0.2) is 30.5 Å². The van der Waals surface area contributed by atoms with E-state index in [4.69, 9.17) is 14.7 Å². The van der Waals surface area contributed by atoms with Crippen LogP contribution in [0.15, 0.2) is 78.4 Å². The van der Waals surface area contributed by atoms with E-state index in [0.717, 1.165) is 6.42 Å². The first-order chi connectivity index (χ1) is 17.0. The summed E-state index contributed by atoms with van der Waals surface area (Å²) in [6.45, 7) is 2.57.